The first kappa shape index (κ1) is 22.4. The van der Waals surface area contributed by atoms with Gasteiger partial charge in [-0.3, -0.25) is 9.48 Å². The molecule has 1 N–H and O–H groups in total. The van der Waals surface area contributed by atoms with Gasteiger partial charge in [-0.15, -0.1) is 0 Å². The average molecular weight is 439 g/mol. The summed E-state index contributed by atoms with van der Waals surface area (Å²) < 4.78 is 7.41. The highest BCUT2D eigenvalue weighted by molar-refractivity contribution is 5.95. The number of rotatable bonds is 5. The van der Waals surface area contributed by atoms with Gasteiger partial charge >= 0.3 is 6.09 Å². The van der Waals surface area contributed by atoms with Crippen molar-refractivity contribution in [3.8, 4) is 0 Å². The van der Waals surface area contributed by atoms with Crippen molar-refractivity contribution in [1.82, 2.24) is 20.0 Å². The lowest BCUT2D eigenvalue weighted by molar-refractivity contribution is 0.0202. The fraction of sp³-hybridized carbons (Fsp3) is 0.560. The minimum Gasteiger partial charge on any atom is -0.444 e. The Morgan fingerprint density at radius 2 is 1.94 bits per heavy atom. The third-order valence-electron chi connectivity index (χ3n) is 6.65. The predicted molar refractivity (Wildman–Crippen MR) is 122 cm³/mol. The number of amides is 2. The van der Waals surface area contributed by atoms with Crippen LogP contribution in [0.4, 0.5) is 4.79 Å². The van der Waals surface area contributed by atoms with E-state index < -0.39 is 5.60 Å². The molecule has 0 spiro atoms. The van der Waals surface area contributed by atoms with Crippen LogP contribution >= 0.6 is 0 Å². The molecule has 1 aliphatic carbocycles. The van der Waals surface area contributed by atoms with Crippen LogP contribution in [-0.4, -0.2) is 51.4 Å². The molecule has 32 heavy (non-hydrogen) atoms. The molecule has 1 saturated heterocycles. The van der Waals surface area contributed by atoms with Crippen LogP contribution in [0.3, 0.4) is 0 Å². The maximum atomic E-state index is 13.1. The van der Waals surface area contributed by atoms with Crippen LogP contribution in [0.25, 0.3) is 0 Å². The van der Waals surface area contributed by atoms with Gasteiger partial charge in [0.1, 0.15) is 5.60 Å². The van der Waals surface area contributed by atoms with Gasteiger partial charge in [-0.2, -0.15) is 5.10 Å². The van der Waals surface area contributed by atoms with Gasteiger partial charge in [0.25, 0.3) is 5.91 Å². The molecule has 1 saturated carbocycles. The Labute approximate surface area is 190 Å². The summed E-state index contributed by atoms with van der Waals surface area (Å²) in [5.74, 6) is 0.562. The second-order valence-corrected chi connectivity index (χ2v) is 10.1. The van der Waals surface area contributed by atoms with Crippen LogP contribution in [0.2, 0.25) is 0 Å². The Balaban J connectivity index is 1.42. The molecule has 1 aromatic heterocycles. The number of hydrogen-bond donors (Lipinski definition) is 1. The predicted octanol–water partition coefficient (Wildman–Crippen LogP) is 3.78. The molecule has 2 aromatic rings. The number of likely N-dealkylation sites (tertiary alicyclic amines) is 1. The Kier molecular flexibility index (Phi) is 6.26. The SMILES string of the molecule is Cn1ncc(C(=O)NCC2C3CCCC2N(C(=O)OC(C)(C)C)C3)c1Cc1ccccc1. The van der Waals surface area contributed by atoms with Gasteiger partial charge < -0.3 is 15.0 Å². The lowest BCUT2D eigenvalue weighted by Gasteiger charge is -2.32. The molecule has 2 amide bonds. The number of carbonyl (C=O) groups is 2. The topological polar surface area (TPSA) is 76.5 Å². The van der Waals surface area contributed by atoms with E-state index in [2.05, 4.69) is 22.5 Å². The van der Waals surface area contributed by atoms with E-state index in [1.165, 1.54) is 0 Å². The van der Waals surface area contributed by atoms with Gasteiger partial charge in [0, 0.05) is 38.5 Å². The summed E-state index contributed by atoms with van der Waals surface area (Å²) in [7, 11) is 1.87. The third-order valence-corrected chi connectivity index (χ3v) is 6.65. The number of aromatic nitrogens is 2. The highest BCUT2D eigenvalue weighted by atomic mass is 16.6. The molecule has 1 aromatic carbocycles. The molecule has 3 atom stereocenters. The highest BCUT2D eigenvalue weighted by Crippen LogP contribution is 2.41. The molecule has 172 valence electrons. The van der Waals surface area contributed by atoms with E-state index in [-0.39, 0.29) is 24.0 Å². The smallest absolute Gasteiger partial charge is 0.410 e. The van der Waals surface area contributed by atoms with Crippen molar-refractivity contribution in [2.45, 2.75) is 58.1 Å². The van der Waals surface area contributed by atoms with Gasteiger partial charge in [0.15, 0.2) is 0 Å². The summed E-state index contributed by atoms with van der Waals surface area (Å²) in [4.78, 5) is 27.7. The number of benzene rings is 1. The van der Waals surface area contributed by atoms with Gasteiger partial charge in [-0.05, 0) is 45.1 Å². The number of nitrogens with zero attached hydrogens (tertiary/aromatic N) is 3. The number of aryl methyl sites for hydroxylation is 1. The molecule has 7 nitrogen and oxygen atoms in total. The van der Waals surface area contributed by atoms with E-state index in [9.17, 15) is 9.59 Å². The molecular weight excluding hydrogens is 404 g/mol. The molecule has 4 rings (SSSR count). The first-order valence-corrected chi connectivity index (χ1v) is 11.6. The number of ether oxygens (including phenoxy) is 1. The fourth-order valence-electron chi connectivity index (χ4n) is 5.12. The number of nitrogens with one attached hydrogen (secondary N) is 1. The first-order chi connectivity index (χ1) is 15.2. The number of hydrogen-bond acceptors (Lipinski definition) is 4. The van der Waals surface area contributed by atoms with E-state index in [0.29, 0.717) is 31.0 Å². The lowest BCUT2D eigenvalue weighted by Crippen LogP contribution is -2.44. The summed E-state index contributed by atoms with van der Waals surface area (Å²) in [6.45, 7) is 6.96. The van der Waals surface area contributed by atoms with Crippen LogP contribution in [0.5, 0.6) is 0 Å². The first-order valence-electron chi connectivity index (χ1n) is 11.6. The zero-order valence-electron chi connectivity index (χ0n) is 19.5. The second kappa shape index (κ2) is 8.96. The van der Waals surface area contributed by atoms with Crippen molar-refractivity contribution in [2.75, 3.05) is 13.1 Å². The van der Waals surface area contributed by atoms with Crippen molar-refractivity contribution >= 4 is 12.0 Å². The fourth-order valence-corrected chi connectivity index (χ4v) is 5.12. The third kappa shape index (κ3) is 4.81. The van der Waals surface area contributed by atoms with Crippen molar-refractivity contribution in [3.63, 3.8) is 0 Å². The van der Waals surface area contributed by atoms with Crippen molar-refractivity contribution in [3.05, 3.63) is 53.3 Å². The summed E-state index contributed by atoms with van der Waals surface area (Å²) in [5.41, 5.74) is 2.15. The van der Waals surface area contributed by atoms with E-state index in [1.54, 1.807) is 10.9 Å². The lowest BCUT2D eigenvalue weighted by atomic mass is 9.79. The van der Waals surface area contributed by atoms with E-state index in [1.807, 2.05) is 50.9 Å². The maximum absolute atomic E-state index is 13.1. The van der Waals surface area contributed by atoms with Crippen LogP contribution < -0.4 is 5.32 Å². The Morgan fingerprint density at radius 1 is 1.19 bits per heavy atom. The molecule has 1 aliphatic heterocycles. The molecule has 7 heteroatoms. The summed E-state index contributed by atoms with van der Waals surface area (Å²) in [6, 6.07) is 10.2. The van der Waals surface area contributed by atoms with Crippen LogP contribution in [0.1, 0.15) is 61.6 Å². The molecule has 2 aliphatic rings. The molecule has 0 radical (unpaired) electrons. The van der Waals surface area contributed by atoms with Crippen LogP contribution in [0, 0.1) is 11.8 Å². The highest BCUT2D eigenvalue weighted by Gasteiger charge is 2.47. The molecule has 3 unspecified atom stereocenters. The summed E-state index contributed by atoms with van der Waals surface area (Å²) >= 11 is 0. The molecule has 2 bridgehead atoms. The standard InChI is InChI=1S/C25H34N4O3/c1-25(2,3)32-24(31)29-16-18-11-8-12-21(29)19(18)14-26-23(30)20-15-27-28(4)22(20)13-17-9-6-5-7-10-17/h5-7,9-10,15,18-19,21H,8,11-14,16H2,1-4H3,(H,26,30). The van der Waals surface area contributed by atoms with Crippen molar-refractivity contribution in [2.24, 2.45) is 18.9 Å². The number of carbonyl (C=O) groups excluding carboxylic acids is 2. The van der Waals surface area contributed by atoms with Gasteiger partial charge in [-0.25, -0.2) is 4.79 Å². The monoisotopic (exact) mass is 438 g/mol. The largest absolute Gasteiger partial charge is 0.444 e. The normalized spacial score (nSPS) is 22.6. The van der Waals surface area contributed by atoms with Gasteiger partial charge in [-0.1, -0.05) is 36.8 Å². The Hall–Kier alpha value is -2.83. The summed E-state index contributed by atoms with van der Waals surface area (Å²) in [6.07, 6.45) is 5.23. The average Bonchev–Trinajstić information content (AvgIpc) is 3.18. The zero-order chi connectivity index (χ0) is 22.9. The van der Waals surface area contributed by atoms with Crippen molar-refractivity contribution < 1.29 is 14.3 Å². The van der Waals surface area contributed by atoms with E-state index >= 15 is 0 Å². The van der Waals surface area contributed by atoms with Gasteiger partial charge in [0.2, 0.25) is 0 Å². The molecule has 2 fully saturated rings. The quantitative estimate of drug-likeness (QED) is 0.771. The van der Waals surface area contributed by atoms with Gasteiger partial charge in [0.05, 0.1) is 17.5 Å². The second-order valence-electron chi connectivity index (χ2n) is 10.1. The minimum atomic E-state index is -0.507. The van der Waals surface area contributed by atoms with E-state index in [0.717, 1.165) is 30.5 Å². The molecular formula is C25H34N4O3. The number of fused-ring (bicyclic) bond motifs is 2. The minimum absolute atomic E-state index is 0.0992. The van der Waals surface area contributed by atoms with Crippen LogP contribution in [0.15, 0.2) is 36.5 Å². The summed E-state index contributed by atoms with van der Waals surface area (Å²) in [5, 5.41) is 7.47. The maximum Gasteiger partial charge on any atom is 0.410 e. The van der Waals surface area contributed by atoms with Crippen molar-refractivity contribution in [1.29, 1.82) is 0 Å². The molecule has 2 heterocycles. The zero-order valence-corrected chi connectivity index (χ0v) is 19.5. The van der Waals surface area contributed by atoms with Crippen LogP contribution in [-0.2, 0) is 18.2 Å². The Morgan fingerprint density at radius 3 is 2.66 bits per heavy atom. The van der Waals surface area contributed by atoms with E-state index in [4.69, 9.17) is 4.74 Å². The Bertz CT molecular complexity index is 963.